The zero-order valence-corrected chi connectivity index (χ0v) is 12.0. The van der Waals surface area contributed by atoms with Gasteiger partial charge in [-0.3, -0.25) is 4.68 Å². The molecule has 0 radical (unpaired) electrons. The van der Waals surface area contributed by atoms with Crippen molar-refractivity contribution in [2.24, 2.45) is 0 Å². The van der Waals surface area contributed by atoms with Crippen LogP contribution in [0.1, 0.15) is 12.6 Å². The largest absolute Gasteiger partial charge is 0.338 e. The number of nitrogens with zero attached hydrogens (tertiary/aromatic N) is 2. The Bertz CT molecular complexity index is 533. The molecule has 0 unspecified atom stereocenters. The van der Waals surface area contributed by atoms with Gasteiger partial charge in [-0.1, -0.05) is 6.07 Å². The number of aryl methyl sites for hydroxylation is 1. The van der Waals surface area contributed by atoms with Crippen molar-refractivity contribution in [2.45, 2.75) is 20.4 Å². The minimum Gasteiger partial charge on any atom is -0.338 e. The zero-order valence-electron chi connectivity index (χ0n) is 11.1. The number of rotatable bonds is 5. The molecular formula is C13H18N4OS. The summed E-state index contributed by atoms with van der Waals surface area (Å²) < 4.78 is 1.92. The monoisotopic (exact) mass is 278 g/mol. The third kappa shape index (κ3) is 3.57. The van der Waals surface area contributed by atoms with Gasteiger partial charge in [-0.25, -0.2) is 4.79 Å². The van der Waals surface area contributed by atoms with Crippen molar-refractivity contribution in [3.8, 4) is 10.6 Å². The molecule has 102 valence electrons. The highest BCUT2D eigenvalue weighted by atomic mass is 32.1. The molecule has 5 nitrogen and oxygen atoms in total. The molecule has 0 aromatic carbocycles. The van der Waals surface area contributed by atoms with E-state index < -0.39 is 0 Å². The van der Waals surface area contributed by atoms with E-state index in [1.165, 1.54) is 4.88 Å². The molecule has 2 heterocycles. The van der Waals surface area contributed by atoms with Gasteiger partial charge in [0, 0.05) is 18.8 Å². The number of hydrogen-bond acceptors (Lipinski definition) is 3. The van der Waals surface area contributed by atoms with Gasteiger partial charge in [0.2, 0.25) is 0 Å². The van der Waals surface area contributed by atoms with E-state index in [0.29, 0.717) is 19.6 Å². The highest BCUT2D eigenvalue weighted by Gasteiger charge is 2.07. The third-order valence-corrected chi connectivity index (χ3v) is 3.59. The number of urea groups is 1. The van der Waals surface area contributed by atoms with Crippen LogP contribution in [0.25, 0.3) is 10.6 Å². The zero-order chi connectivity index (χ0) is 13.7. The van der Waals surface area contributed by atoms with Crippen molar-refractivity contribution in [2.75, 3.05) is 13.1 Å². The van der Waals surface area contributed by atoms with Crippen molar-refractivity contribution < 1.29 is 4.79 Å². The van der Waals surface area contributed by atoms with E-state index in [2.05, 4.69) is 27.9 Å². The molecule has 0 aliphatic rings. The van der Waals surface area contributed by atoms with Gasteiger partial charge in [0.1, 0.15) is 5.69 Å². The normalized spacial score (nSPS) is 10.4. The summed E-state index contributed by atoms with van der Waals surface area (Å²) in [7, 11) is 0. The quantitative estimate of drug-likeness (QED) is 0.881. The van der Waals surface area contributed by atoms with E-state index in [0.717, 1.165) is 11.4 Å². The van der Waals surface area contributed by atoms with Gasteiger partial charge in [-0.15, -0.1) is 11.3 Å². The molecule has 0 saturated carbocycles. The van der Waals surface area contributed by atoms with E-state index >= 15 is 0 Å². The maximum Gasteiger partial charge on any atom is 0.314 e. The molecule has 2 aromatic heterocycles. The van der Waals surface area contributed by atoms with Crippen LogP contribution < -0.4 is 10.6 Å². The number of carbonyl (C=O) groups excluding carboxylic acids is 1. The van der Waals surface area contributed by atoms with Gasteiger partial charge in [0.05, 0.1) is 11.4 Å². The fraction of sp³-hybridized carbons (Fsp3) is 0.385. The first-order chi connectivity index (χ1) is 9.20. The van der Waals surface area contributed by atoms with Gasteiger partial charge in [0.25, 0.3) is 0 Å². The van der Waals surface area contributed by atoms with E-state index in [1.807, 2.05) is 30.0 Å². The van der Waals surface area contributed by atoms with Crippen molar-refractivity contribution >= 4 is 17.4 Å². The number of thiophene rings is 1. The predicted molar refractivity (Wildman–Crippen MR) is 77.4 cm³/mol. The Morgan fingerprint density at radius 2 is 2.32 bits per heavy atom. The average Bonchev–Trinajstić information content (AvgIpc) is 3.00. The number of nitrogens with one attached hydrogen (secondary N) is 2. The Morgan fingerprint density at radius 1 is 1.47 bits per heavy atom. The molecule has 0 spiro atoms. The van der Waals surface area contributed by atoms with Gasteiger partial charge in [-0.05, 0) is 31.4 Å². The van der Waals surface area contributed by atoms with Crippen LogP contribution in [0.2, 0.25) is 0 Å². The van der Waals surface area contributed by atoms with Crippen LogP contribution in [-0.4, -0.2) is 28.9 Å². The van der Waals surface area contributed by atoms with E-state index in [9.17, 15) is 4.79 Å². The Morgan fingerprint density at radius 3 is 3.00 bits per heavy atom. The minimum atomic E-state index is -0.134. The lowest BCUT2D eigenvalue weighted by Gasteiger charge is -2.07. The lowest BCUT2D eigenvalue weighted by molar-refractivity contribution is 0.241. The minimum absolute atomic E-state index is 0.134. The lowest BCUT2D eigenvalue weighted by atomic mass is 10.3. The van der Waals surface area contributed by atoms with Crippen LogP contribution >= 0.6 is 11.3 Å². The highest BCUT2D eigenvalue weighted by molar-refractivity contribution is 7.13. The summed E-state index contributed by atoms with van der Waals surface area (Å²) in [6.45, 7) is 5.79. The topological polar surface area (TPSA) is 59.0 Å². The van der Waals surface area contributed by atoms with E-state index in [4.69, 9.17) is 0 Å². The highest BCUT2D eigenvalue weighted by Crippen LogP contribution is 2.23. The van der Waals surface area contributed by atoms with Crippen LogP contribution in [0.5, 0.6) is 0 Å². The molecule has 0 saturated heterocycles. The predicted octanol–water partition coefficient (Wildman–Crippen LogP) is 2.24. The smallest absolute Gasteiger partial charge is 0.314 e. The molecule has 2 rings (SSSR count). The summed E-state index contributed by atoms with van der Waals surface area (Å²) in [5.41, 5.74) is 2.09. The number of amides is 2. The van der Waals surface area contributed by atoms with Crippen LogP contribution in [0.4, 0.5) is 4.79 Å². The van der Waals surface area contributed by atoms with Gasteiger partial charge in [-0.2, -0.15) is 5.10 Å². The summed E-state index contributed by atoms with van der Waals surface area (Å²) >= 11 is 1.68. The lowest BCUT2D eigenvalue weighted by Crippen LogP contribution is -2.37. The SMILES string of the molecule is CCNC(=O)NCCn1nc(-c2cccs2)cc1C. The maximum atomic E-state index is 11.3. The van der Waals surface area contributed by atoms with Gasteiger partial charge >= 0.3 is 6.03 Å². The molecule has 6 heteroatoms. The Labute approximate surface area is 116 Å². The standard InChI is InChI=1S/C13H18N4OS/c1-3-14-13(18)15-6-7-17-10(2)9-11(16-17)12-5-4-8-19-12/h4-5,8-9H,3,6-7H2,1-2H3,(H2,14,15,18). The summed E-state index contributed by atoms with van der Waals surface area (Å²) in [5.74, 6) is 0. The van der Waals surface area contributed by atoms with E-state index in [1.54, 1.807) is 11.3 Å². The van der Waals surface area contributed by atoms with Crippen LogP contribution in [0, 0.1) is 6.92 Å². The molecule has 2 amide bonds. The summed E-state index contributed by atoms with van der Waals surface area (Å²) in [6, 6.07) is 6.01. The van der Waals surface area contributed by atoms with Crippen LogP contribution in [0.15, 0.2) is 23.6 Å². The molecule has 0 fully saturated rings. The number of carbonyl (C=O) groups is 1. The average molecular weight is 278 g/mol. The second-order valence-corrected chi connectivity index (χ2v) is 5.11. The molecular weight excluding hydrogens is 260 g/mol. The Kier molecular flexibility index (Phi) is 4.57. The second kappa shape index (κ2) is 6.38. The van der Waals surface area contributed by atoms with Crippen molar-refractivity contribution in [1.82, 2.24) is 20.4 Å². The van der Waals surface area contributed by atoms with Crippen molar-refractivity contribution in [1.29, 1.82) is 0 Å². The molecule has 0 atom stereocenters. The summed E-state index contributed by atoms with van der Waals surface area (Å²) in [6.07, 6.45) is 0. The van der Waals surface area contributed by atoms with E-state index in [-0.39, 0.29) is 6.03 Å². The van der Waals surface area contributed by atoms with Crippen LogP contribution in [0.3, 0.4) is 0 Å². The first-order valence-electron chi connectivity index (χ1n) is 6.30. The summed E-state index contributed by atoms with van der Waals surface area (Å²) in [5, 5.41) is 12.1. The molecule has 2 aromatic rings. The molecule has 2 N–H and O–H groups in total. The number of aromatic nitrogens is 2. The van der Waals surface area contributed by atoms with Gasteiger partial charge in [0.15, 0.2) is 0 Å². The third-order valence-electron chi connectivity index (χ3n) is 2.70. The number of hydrogen-bond donors (Lipinski definition) is 2. The first-order valence-corrected chi connectivity index (χ1v) is 7.18. The van der Waals surface area contributed by atoms with Crippen LogP contribution in [-0.2, 0) is 6.54 Å². The molecule has 0 bridgehead atoms. The Balaban J connectivity index is 1.92. The second-order valence-electron chi connectivity index (χ2n) is 4.16. The van der Waals surface area contributed by atoms with Crippen molar-refractivity contribution in [3.05, 3.63) is 29.3 Å². The van der Waals surface area contributed by atoms with Gasteiger partial charge < -0.3 is 10.6 Å². The first kappa shape index (κ1) is 13.6. The van der Waals surface area contributed by atoms with Crippen molar-refractivity contribution in [3.63, 3.8) is 0 Å². The maximum absolute atomic E-state index is 11.3. The summed E-state index contributed by atoms with van der Waals surface area (Å²) in [4.78, 5) is 12.4. The molecule has 0 aliphatic heterocycles. The fourth-order valence-electron chi connectivity index (χ4n) is 1.78. The molecule has 0 aliphatic carbocycles. The Hall–Kier alpha value is -1.82. The fourth-order valence-corrected chi connectivity index (χ4v) is 2.46. The molecule has 19 heavy (non-hydrogen) atoms.